The van der Waals surface area contributed by atoms with Gasteiger partial charge in [-0.1, -0.05) is 18.2 Å². The summed E-state index contributed by atoms with van der Waals surface area (Å²) in [7, 11) is 1.56. The summed E-state index contributed by atoms with van der Waals surface area (Å²) in [5.41, 5.74) is 6.15. The molecule has 0 atom stereocenters. The first-order chi connectivity index (χ1) is 9.17. The van der Waals surface area contributed by atoms with E-state index >= 15 is 0 Å². The van der Waals surface area contributed by atoms with Gasteiger partial charge in [-0.05, 0) is 23.9 Å². The number of ether oxygens (including phenoxy) is 1. The monoisotopic (exact) mass is 313 g/mol. The Morgan fingerprint density at radius 1 is 1.35 bits per heavy atom. The summed E-state index contributed by atoms with van der Waals surface area (Å²) in [5.74, 6) is 0.361. The molecule has 0 spiro atoms. The molecular weight excluding hydrogens is 300 g/mol. The molecule has 20 heavy (non-hydrogen) atoms. The lowest BCUT2D eigenvalue weighted by molar-refractivity contribution is -0.122. The summed E-state index contributed by atoms with van der Waals surface area (Å²) in [6, 6.07) is 7.32. The fourth-order valence-corrected chi connectivity index (χ4v) is 2.60. The van der Waals surface area contributed by atoms with Crippen LogP contribution in [0.3, 0.4) is 0 Å². The second kappa shape index (κ2) is 7.33. The Labute approximate surface area is 127 Å². The fourth-order valence-electron chi connectivity index (χ4n) is 1.75. The number of thioether (sulfide) groups is 1. The van der Waals surface area contributed by atoms with Crippen LogP contribution in [0.2, 0.25) is 0 Å². The molecule has 2 rings (SSSR count). The molecule has 2 amide bonds. The molecule has 2 N–H and O–H groups in total. The van der Waals surface area contributed by atoms with Gasteiger partial charge in [-0.25, -0.2) is 0 Å². The van der Waals surface area contributed by atoms with E-state index in [2.05, 4.69) is 0 Å². The van der Waals surface area contributed by atoms with Gasteiger partial charge >= 0.3 is 0 Å². The normalized spacial score (nSPS) is 16.5. The van der Waals surface area contributed by atoms with Gasteiger partial charge in [0.15, 0.2) is 0 Å². The first kappa shape index (κ1) is 16.6. The summed E-state index contributed by atoms with van der Waals surface area (Å²) >= 11 is 0.923. The number of halogens is 1. The van der Waals surface area contributed by atoms with Gasteiger partial charge in [0.1, 0.15) is 5.75 Å². The summed E-state index contributed by atoms with van der Waals surface area (Å²) in [6.07, 6.45) is 1.67. The first-order valence-corrected chi connectivity index (χ1v) is 6.57. The fraction of sp³-hybridized carbons (Fsp3) is 0.231. The van der Waals surface area contributed by atoms with E-state index in [0.29, 0.717) is 10.7 Å². The van der Waals surface area contributed by atoms with Crippen LogP contribution in [0.25, 0.3) is 6.08 Å². The molecule has 1 heterocycles. The van der Waals surface area contributed by atoms with Crippen molar-refractivity contribution in [2.24, 2.45) is 5.73 Å². The van der Waals surface area contributed by atoms with Gasteiger partial charge in [-0.15, -0.1) is 0 Å². The molecular formula is C13H14ClN2O3S-. The SMILES string of the molecule is COc1ccccc1/C=C1\SC(=O)N(CCN)C1=O.[Cl-]. The Kier molecular flexibility index (Phi) is 6.06. The topological polar surface area (TPSA) is 72.6 Å². The molecule has 5 nitrogen and oxygen atoms in total. The second-order valence-corrected chi connectivity index (χ2v) is 4.86. The van der Waals surface area contributed by atoms with Crippen LogP contribution >= 0.6 is 11.8 Å². The summed E-state index contributed by atoms with van der Waals surface area (Å²) in [6.45, 7) is 0.508. The van der Waals surface area contributed by atoms with Gasteiger partial charge in [0.05, 0.1) is 12.0 Å². The van der Waals surface area contributed by atoms with Crippen molar-refractivity contribution >= 4 is 29.0 Å². The highest BCUT2D eigenvalue weighted by atomic mass is 35.5. The van der Waals surface area contributed by atoms with Crippen LogP contribution in [-0.2, 0) is 4.79 Å². The van der Waals surface area contributed by atoms with Crippen molar-refractivity contribution in [1.82, 2.24) is 4.90 Å². The van der Waals surface area contributed by atoms with Crippen LogP contribution in [-0.4, -0.2) is 36.2 Å². The number of carbonyl (C=O) groups is 2. The average molecular weight is 314 g/mol. The van der Waals surface area contributed by atoms with Gasteiger partial charge in [-0.3, -0.25) is 14.5 Å². The minimum atomic E-state index is -0.300. The first-order valence-electron chi connectivity index (χ1n) is 5.76. The third kappa shape index (κ3) is 3.33. The Balaban J connectivity index is 0.00000200. The number of amides is 2. The molecule has 1 aromatic rings. The van der Waals surface area contributed by atoms with Crippen molar-refractivity contribution in [2.75, 3.05) is 20.2 Å². The number of rotatable bonds is 4. The Hall–Kier alpha value is -1.50. The van der Waals surface area contributed by atoms with E-state index in [1.54, 1.807) is 19.3 Å². The van der Waals surface area contributed by atoms with Crippen LogP contribution < -0.4 is 22.9 Å². The highest BCUT2D eigenvalue weighted by Crippen LogP contribution is 2.33. The van der Waals surface area contributed by atoms with Gasteiger partial charge in [0.25, 0.3) is 11.1 Å². The minimum Gasteiger partial charge on any atom is -1.00 e. The summed E-state index contributed by atoms with van der Waals surface area (Å²) in [4.78, 5) is 25.2. The molecule has 1 saturated heterocycles. The molecule has 1 aliphatic heterocycles. The number of nitrogens with zero attached hydrogens (tertiary/aromatic N) is 1. The maximum absolute atomic E-state index is 12.0. The third-order valence-electron chi connectivity index (χ3n) is 2.65. The molecule has 0 aliphatic carbocycles. The zero-order valence-electron chi connectivity index (χ0n) is 10.8. The van der Waals surface area contributed by atoms with Crippen molar-refractivity contribution < 1.29 is 26.7 Å². The van der Waals surface area contributed by atoms with Gasteiger partial charge < -0.3 is 22.9 Å². The van der Waals surface area contributed by atoms with E-state index in [1.165, 1.54) is 0 Å². The number of nitrogens with two attached hydrogens (primary N) is 1. The van der Waals surface area contributed by atoms with Gasteiger partial charge in [0, 0.05) is 18.7 Å². The number of methoxy groups -OCH3 is 1. The molecule has 7 heteroatoms. The lowest BCUT2D eigenvalue weighted by Crippen LogP contribution is -3.00. The molecule has 0 saturated carbocycles. The molecule has 1 aliphatic rings. The van der Waals surface area contributed by atoms with Crippen LogP contribution in [0.1, 0.15) is 5.56 Å². The van der Waals surface area contributed by atoms with Crippen molar-refractivity contribution in [3.05, 3.63) is 34.7 Å². The Bertz CT molecular complexity index is 548. The van der Waals surface area contributed by atoms with Crippen molar-refractivity contribution in [2.45, 2.75) is 0 Å². The predicted octanol–water partition coefficient (Wildman–Crippen LogP) is -1.31. The molecule has 0 aromatic heterocycles. The predicted molar refractivity (Wildman–Crippen MR) is 74.7 cm³/mol. The van der Waals surface area contributed by atoms with E-state index in [-0.39, 0.29) is 36.6 Å². The Morgan fingerprint density at radius 3 is 2.70 bits per heavy atom. The summed E-state index contributed by atoms with van der Waals surface area (Å²) in [5, 5.41) is -0.281. The van der Waals surface area contributed by atoms with Crippen molar-refractivity contribution in [1.29, 1.82) is 0 Å². The second-order valence-electron chi connectivity index (χ2n) is 3.86. The lowest BCUT2D eigenvalue weighted by atomic mass is 10.2. The van der Waals surface area contributed by atoms with Gasteiger partial charge in [0.2, 0.25) is 0 Å². The highest BCUT2D eigenvalue weighted by Gasteiger charge is 2.34. The molecule has 0 bridgehead atoms. The number of para-hydroxylation sites is 1. The number of carbonyl (C=O) groups excluding carboxylic acids is 2. The van der Waals surface area contributed by atoms with Crippen LogP contribution in [0.15, 0.2) is 29.2 Å². The van der Waals surface area contributed by atoms with Crippen LogP contribution in [0.5, 0.6) is 5.75 Å². The van der Waals surface area contributed by atoms with Crippen molar-refractivity contribution in [3.63, 3.8) is 0 Å². The van der Waals surface area contributed by atoms with Crippen LogP contribution in [0.4, 0.5) is 4.79 Å². The van der Waals surface area contributed by atoms with Gasteiger partial charge in [-0.2, -0.15) is 0 Å². The van der Waals surface area contributed by atoms with E-state index in [9.17, 15) is 9.59 Å². The molecule has 0 unspecified atom stereocenters. The number of benzene rings is 1. The smallest absolute Gasteiger partial charge is 0.293 e. The maximum Gasteiger partial charge on any atom is 0.293 e. The highest BCUT2D eigenvalue weighted by molar-refractivity contribution is 8.18. The number of hydrogen-bond acceptors (Lipinski definition) is 5. The number of hydrogen-bond donors (Lipinski definition) is 1. The summed E-state index contributed by atoms with van der Waals surface area (Å²) < 4.78 is 5.21. The largest absolute Gasteiger partial charge is 1.00 e. The quantitative estimate of drug-likeness (QED) is 0.699. The van der Waals surface area contributed by atoms with E-state index in [4.69, 9.17) is 10.5 Å². The lowest BCUT2D eigenvalue weighted by Gasteiger charge is -2.09. The van der Waals surface area contributed by atoms with Crippen molar-refractivity contribution in [3.8, 4) is 5.75 Å². The Morgan fingerprint density at radius 2 is 2.05 bits per heavy atom. The zero-order chi connectivity index (χ0) is 13.8. The molecule has 1 aromatic carbocycles. The third-order valence-corrected chi connectivity index (χ3v) is 3.56. The number of imide groups is 1. The van der Waals surface area contributed by atoms with Crippen LogP contribution in [0, 0.1) is 0 Å². The zero-order valence-corrected chi connectivity index (χ0v) is 12.4. The average Bonchev–Trinajstić information content (AvgIpc) is 2.67. The minimum absolute atomic E-state index is 0. The standard InChI is InChI=1S/C13H14N2O3S.ClH/c1-18-10-5-3-2-4-9(10)8-11-12(16)15(7-6-14)13(17)19-11;/h2-5,8H,6-7,14H2,1H3;1H/p-1/b11-8-;. The van der Waals surface area contributed by atoms with E-state index < -0.39 is 0 Å². The molecule has 108 valence electrons. The van der Waals surface area contributed by atoms with E-state index in [1.807, 2.05) is 18.2 Å². The molecule has 1 fully saturated rings. The molecule has 0 radical (unpaired) electrons. The van der Waals surface area contributed by atoms with E-state index in [0.717, 1.165) is 22.2 Å². The maximum atomic E-state index is 12.0.